The summed E-state index contributed by atoms with van der Waals surface area (Å²) in [6.07, 6.45) is 1.63. The molecule has 0 saturated heterocycles. The summed E-state index contributed by atoms with van der Waals surface area (Å²) in [6.45, 7) is 3.45. The Hall–Kier alpha value is -3.78. The molecule has 2 heterocycles. The second-order valence-electron chi connectivity index (χ2n) is 8.23. The highest BCUT2D eigenvalue weighted by Crippen LogP contribution is 2.33. The topological polar surface area (TPSA) is 86.6 Å². The summed E-state index contributed by atoms with van der Waals surface area (Å²) in [5.41, 5.74) is 3.48. The van der Waals surface area contributed by atoms with Crippen LogP contribution in [0.25, 0.3) is 10.9 Å². The van der Waals surface area contributed by atoms with Gasteiger partial charge in [0.15, 0.2) is 21.3 Å². The number of aryl methyl sites for hydroxylation is 1. The lowest BCUT2D eigenvalue weighted by Gasteiger charge is -2.19. The summed E-state index contributed by atoms with van der Waals surface area (Å²) in [5.74, 6) is -0.170. The van der Waals surface area contributed by atoms with Crippen LogP contribution in [0.1, 0.15) is 11.1 Å². The Morgan fingerprint density at radius 2 is 1.71 bits per heavy atom. The van der Waals surface area contributed by atoms with Gasteiger partial charge in [-0.1, -0.05) is 42.5 Å². The van der Waals surface area contributed by atoms with Gasteiger partial charge in [-0.2, -0.15) is 0 Å². The van der Waals surface area contributed by atoms with E-state index in [2.05, 4.69) is 5.32 Å². The number of hydrogen-bond acceptors (Lipinski definition) is 5. The number of benzene rings is 3. The van der Waals surface area contributed by atoms with Gasteiger partial charge in [-0.3, -0.25) is 4.79 Å². The molecule has 7 nitrogen and oxygen atoms in total. The number of nitrogens with one attached hydrogen (secondary N) is 1. The SMILES string of the molecule is Cc1ccccc1Cn1cc(S(=O)(=O)CC(=O)Nc2ccc3c(c2)OCCO3)c2ccccc21. The zero-order valence-electron chi connectivity index (χ0n) is 18.7. The fraction of sp³-hybridized carbons (Fsp3) is 0.192. The van der Waals surface area contributed by atoms with Crippen molar-refractivity contribution in [2.45, 2.75) is 18.4 Å². The van der Waals surface area contributed by atoms with Crippen molar-refractivity contribution in [2.24, 2.45) is 0 Å². The van der Waals surface area contributed by atoms with Crippen LogP contribution in [0.4, 0.5) is 5.69 Å². The van der Waals surface area contributed by atoms with E-state index in [1.165, 1.54) is 0 Å². The van der Waals surface area contributed by atoms with Gasteiger partial charge >= 0.3 is 0 Å². The monoisotopic (exact) mass is 476 g/mol. The van der Waals surface area contributed by atoms with E-state index in [-0.39, 0.29) is 4.90 Å². The second-order valence-corrected chi connectivity index (χ2v) is 10.2. The maximum Gasteiger partial charge on any atom is 0.239 e. The lowest BCUT2D eigenvalue weighted by Crippen LogP contribution is -2.23. The van der Waals surface area contributed by atoms with E-state index in [0.29, 0.717) is 42.3 Å². The Labute approximate surface area is 197 Å². The molecule has 3 aromatic carbocycles. The standard InChI is InChI=1S/C26H24N2O5S/c1-18-6-2-3-7-19(18)15-28-16-25(21-8-4-5-9-22(21)28)34(30,31)17-26(29)27-20-10-11-23-24(14-20)33-13-12-32-23/h2-11,14,16H,12-13,15,17H2,1H3,(H,27,29). The number of rotatable bonds is 6. The third-order valence-electron chi connectivity index (χ3n) is 5.84. The van der Waals surface area contributed by atoms with Crippen molar-refractivity contribution in [2.75, 3.05) is 24.3 Å². The Balaban J connectivity index is 1.40. The molecule has 174 valence electrons. The van der Waals surface area contributed by atoms with Crippen LogP contribution in [-0.4, -0.2) is 37.9 Å². The van der Waals surface area contributed by atoms with Crippen molar-refractivity contribution in [1.82, 2.24) is 4.57 Å². The normalized spacial score (nSPS) is 13.1. The first-order chi connectivity index (χ1) is 16.4. The van der Waals surface area contributed by atoms with E-state index in [0.717, 1.165) is 16.6 Å². The number of anilines is 1. The Bertz CT molecular complexity index is 1490. The minimum Gasteiger partial charge on any atom is -0.486 e. The van der Waals surface area contributed by atoms with Gasteiger partial charge in [0.05, 0.1) is 4.90 Å². The van der Waals surface area contributed by atoms with Gasteiger partial charge in [0.1, 0.15) is 19.0 Å². The molecule has 1 N–H and O–H groups in total. The maximum atomic E-state index is 13.3. The van der Waals surface area contributed by atoms with E-state index in [4.69, 9.17) is 9.47 Å². The molecular formula is C26H24N2O5S. The van der Waals surface area contributed by atoms with Gasteiger partial charge < -0.3 is 19.4 Å². The first-order valence-corrected chi connectivity index (χ1v) is 12.6. The number of aromatic nitrogens is 1. The first-order valence-electron chi connectivity index (χ1n) is 11.0. The molecule has 0 spiro atoms. The van der Waals surface area contributed by atoms with Gasteiger partial charge in [-0.15, -0.1) is 0 Å². The zero-order valence-corrected chi connectivity index (χ0v) is 19.5. The Morgan fingerprint density at radius 3 is 2.53 bits per heavy atom. The number of amides is 1. The van der Waals surface area contributed by atoms with Gasteiger partial charge in [0.25, 0.3) is 0 Å². The van der Waals surface area contributed by atoms with Gasteiger partial charge in [0, 0.05) is 35.4 Å². The largest absolute Gasteiger partial charge is 0.486 e. The van der Waals surface area contributed by atoms with Crippen molar-refractivity contribution in [1.29, 1.82) is 0 Å². The molecular weight excluding hydrogens is 452 g/mol. The maximum absolute atomic E-state index is 13.3. The fourth-order valence-electron chi connectivity index (χ4n) is 4.13. The molecule has 4 aromatic rings. The lowest BCUT2D eigenvalue weighted by molar-refractivity contribution is -0.113. The van der Waals surface area contributed by atoms with E-state index in [1.807, 2.05) is 47.9 Å². The predicted octanol–water partition coefficient (Wildman–Crippen LogP) is 4.18. The predicted molar refractivity (Wildman–Crippen MR) is 130 cm³/mol. The summed E-state index contributed by atoms with van der Waals surface area (Å²) in [5, 5.41) is 3.26. The van der Waals surface area contributed by atoms with Crippen LogP contribution in [0, 0.1) is 6.92 Å². The summed E-state index contributed by atoms with van der Waals surface area (Å²) in [7, 11) is -3.89. The highest BCUT2D eigenvalue weighted by Gasteiger charge is 2.25. The van der Waals surface area contributed by atoms with Crippen molar-refractivity contribution >= 4 is 32.3 Å². The van der Waals surface area contributed by atoms with Crippen molar-refractivity contribution in [3.63, 3.8) is 0 Å². The molecule has 0 saturated carbocycles. The molecule has 0 bridgehead atoms. The number of carbonyl (C=O) groups is 1. The average Bonchev–Trinajstić information content (AvgIpc) is 3.20. The van der Waals surface area contributed by atoms with Crippen LogP contribution in [0.15, 0.2) is 77.8 Å². The number of ether oxygens (including phenoxy) is 2. The van der Waals surface area contributed by atoms with Gasteiger partial charge in [-0.25, -0.2) is 8.42 Å². The van der Waals surface area contributed by atoms with E-state index in [9.17, 15) is 13.2 Å². The molecule has 0 aliphatic carbocycles. The molecule has 8 heteroatoms. The summed E-state index contributed by atoms with van der Waals surface area (Å²) < 4.78 is 39.5. The summed E-state index contributed by atoms with van der Waals surface area (Å²) in [6, 6.07) is 20.3. The number of para-hydroxylation sites is 1. The molecule has 5 rings (SSSR count). The quantitative estimate of drug-likeness (QED) is 0.451. The minimum atomic E-state index is -3.89. The van der Waals surface area contributed by atoms with Crippen LogP contribution >= 0.6 is 0 Å². The fourth-order valence-corrected chi connectivity index (χ4v) is 5.50. The Kier molecular flexibility index (Phi) is 5.75. The van der Waals surface area contributed by atoms with Crippen LogP contribution in [-0.2, 0) is 21.2 Å². The Morgan fingerprint density at radius 1 is 0.971 bits per heavy atom. The van der Waals surface area contributed by atoms with E-state index < -0.39 is 21.5 Å². The van der Waals surface area contributed by atoms with Crippen LogP contribution in [0.2, 0.25) is 0 Å². The second kappa shape index (κ2) is 8.87. The highest BCUT2D eigenvalue weighted by molar-refractivity contribution is 7.92. The third kappa shape index (κ3) is 4.36. The smallest absolute Gasteiger partial charge is 0.239 e. The zero-order chi connectivity index (χ0) is 23.7. The average molecular weight is 477 g/mol. The minimum absolute atomic E-state index is 0.147. The number of carbonyl (C=O) groups excluding carboxylic acids is 1. The van der Waals surface area contributed by atoms with Gasteiger partial charge in [0.2, 0.25) is 5.91 Å². The lowest BCUT2D eigenvalue weighted by atomic mass is 10.1. The van der Waals surface area contributed by atoms with Crippen molar-refractivity contribution in [3.05, 3.63) is 84.1 Å². The molecule has 0 radical (unpaired) electrons. The number of nitrogens with zero attached hydrogens (tertiary/aromatic N) is 1. The number of hydrogen-bond donors (Lipinski definition) is 1. The molecule has 1 aromatic heterocycles. The summed E-state index contributed by atoms with van der Waals surface area (Å²) >= 11 is 0. The first kappa shape index (κ1) is 22.0. The van der Waals surface area contributed by atoms with Gasteiger partial charge in [-0.05, 0) is 36.2 Å². The molecule has 1 aliphatic heterocycles. The number of fused-ring (bicyclic) bond motifs is 2. The van der Waals surface area contributed by atoms with Crippen LogP contribution < -0.4 is 14.8 Å². The molecule has 34 heavy (non-hydrogen) atoms. The van der Waals surface area contributed by atoms with Crippen molar-refractivity contribution < 1.29 is 22.7 Å². The molecule has 0 fully saturated rings. The van der Waals surface area contributed by atoms with E-state index in [1.54, 1.807) is 36.5 Å². The summed E-state index contributed by atoms with van der Waals surface area (Å²) in [4.78, 5) is 12.8. The van der Waals surface area contributed by atoms with Crippen LogP contribution in [0.3, 0.4) is 0 Å². The molecule has 0 atom stereocenters. The molecule has 0 unspecified atom stereocenters. The molecule has 1 aliphatic rings. The van der Waals surface area contributed by atoms with Crippen molar-refractivity contribution in [3.8, 4) is 11.5 Å². The number of sulfone groups is 1. The van der Waals surface area contributed by atoms with E-state index >= 15 is 0 Å². The third-order valence-corrected chi connectivity index (χ3v) is 7.47. The molecule has 1 amide bonds. The van der Waals surface area contributed by atoms with Crippen LogP contribution in [0.5, 0.6) is 11.5 Å². The highest BCUT2D eigenvalue weighted by atomic mass is 32.2.